The lowest BCUT2D eigenvalue weighted by atomic mass is 10.2. The highest BCUT2D eigenvalue weighted by atomic mass is 16.5. The van der Waals surface area contributed by atoms with Crippen molar-refractivity contribution >= 4 is 5.91 Å². The Kier molecular flexibility index (Phi) is 5.45. The molecular weight excluding hydrogens is 318 g/mol. The summed E-state index contributed by atoms with van der Waals surface area (Å²) in [5.74, 6) is -0.184. The monoisotopic (exact) mass is 343 g/mol. The number of rotatable bonds is 5. The fourth-order valence-corrected chi connectivity index (χ4v) is 2.96. The van der Waals surface area contributed by atoms with Gasteiger partial charge in [-0.25, -0.2) is 4.68 Å². The zero-order valence-corrected chi connectivity index (χ0v) is 15.0. The fourth-order valence-electron chi connectivity index (χ4n) is 2.96. The van der Waals surface area contributed by atoms with Gasteiger partial charge >= 0.3 is 0 Å². The molecule has 0 spiro atoms. The number of morpholine rings is 1. The predicted molar refractivity (Wildman–Crippen MR) is 95.0 cm³/mol. The lowest BCUT2D eigenvalue weighted by Gasteiger charge is -2.33. The van der Waals surface area contributed by atoms with Crippen molar-refractivity contribution in [2.24, 2.45) is 0 Å². The van der Waals surface area contributed by atoms with E-state index in [-0.39, 0.29) is 5.91 Å². The Hall–Kier alpha value is -2.25. The summed E-state index contributed by atoms with van der Waals surface area (Å²) in [6.45, 7) is 9.82. The minimum Gasteiger partial charge on any atom is -0.379 e. The van der Waals surface area contributed by atoms with Gasteiger partial charge in [0.15, 0.2) is 5.69 Å². The fraction of sp³-hybridized carbons (Fsp3) is 0.500. The first-order valence-corrected chi connectivity index (χ1v) is 8.65. The standard InChI is InChI=1S/C18H25N5O2/c1-13-4-6-16(7-5-13)23-15(3)17(20-21-23)18(24)19-8-9-22-10-11-25-12-14(22)2/h4-7,14H,8-12H2,1-3H3,(H,19,24). The third kappa shape index (κ3) is 4.05. The van der Waals surface area contributed by atoms with E-state index in [9.17, 15) is 4.79 Å². The number of aromatic nitrogens is 3. The number of ether oxygens (including phenoxy) is 1. The van der Waals surface area contributed by atoms with Gasteiger partial charge in [-0.15, -0.1) is 5.10 Å². The van der Waals surface area contributed by atoms with E-state index in [2.05, 4.69) is 27.5 Å². The smallest absolute Gasteiger partial charge is 0.273 e. The number of hydrogen-bond donors (Lipinski definition) is 1. The van der Waals surface area contributed by atoms with E-state index in [1.165, 1.54) is 5.56 Å². The average molecular weight is 343 g/mol. The van der Waals surface area contributed by atoms with E-state index in [1.54, 1.807) is 4.68 Å². The van der Waals surface area contributed by atoms with Gasteiger partial charge in [0, 0.05) is 25.7 Å². The van der Waals surface area contributed by atoms with Crippen LogP contribution in [-0.4, -0.2) is 64.7 Å². The highest BCUT2D eigenvalue weighted by molar-refractivity contribution is 5.93. The summed E-state index contributed by atoms with van der Waals surface area (Å²) in [5.41, 5.74) is 3.19. The van der Waals surface area contributed by atoms with Crippen LogP contribution in [0.1, 0.15) is 28.7 Å². The minimum absolute atomic E-state index is 0.184. The molecule has 0 saturated carbocycles. The summed E-state index contributed by atoms with van der Waals surface area (Å²) in [5, 5.41) is 11.1. The van der Waals surface area contributed by atoms with E-state index in [0.29, 0.717) is 18.3 Å². The molecular formula is C18H25N5O2. The maximum atomic E-state index is 12.4. The maximum absolute atomic E-state index is 12.4. The Morgan fingerprint density at radius 2 is 2.08 bits per heavy atom. The second kappa shape index (κ2) is 7.76. The molecule has 134 valence electrons. The summed E-state index contributed by atoms with van der Waals surface area (Å²) >= 11 is 0. The number of carbonyl (C=O) groups excluding carboxylic acids is 1. The second-order valence-corrected chi connectivity index (χ2v) is 6.49. The minimum atomic E-state index is -0.184. The molecule has 25 heavy (non-hydrogen) atoms. The number of carbonyl (C=O) groups is 1. The van der Waals surface area contributed by atoms with Gasteiger partial charge in [0.05, 0.1) is 24.6 Å². The van der Waals surface area contributed by atoms with Gasteiger partial charge < -0.3 is 10.1 Å². The lowest BCUT2D eigenvalue weighted by Crippen LogP contribution is -2.46. The molecule has 2 aromatic rings. The quantitative estimate of drug-likeness (QED) is 0.887. The Balaban J connectivity index is 1.60. The molecule has 7 heteroatoms. The molecule has 1 N–H and O–H groups in total. The van der Waals surface area contributed by atoms with Gasteiger partial charge in [0.25, 0.3) is 5.91 Å². The van der Waals surface area contributed by atoms with Crippen molar-refractivity contribution in [3.8, 4) is 5.69 Å². The summed E-state index contributed by atoms with van der Waals surface area (Å²) in [7, 11) is 0. The first kappa shape index (κ1) is 17.6. The van der Waals surface area contributed by atoms with Crippen LogP contribution >= 0.6 is 0 Å². The van der Waals surface area contributed by atoms with E-state index in [0.717, 1.165) is 37.7 Å². The predicted octanol–water partition coefficient (Wildman–Crippen LogP) is 1.33. The summed E-state index contributed by atoms with van der Waals surface area (Å²) in [6.07, 6.45) is 0. The Morgan fingerprint density at radius 3 is 2.80 bits per heavy atom. The number of nitrogens with zero attached hydrogens (tertiary/aromatic N) is 4. The molecule has 1 amide bonds. The van der Waals surface area contributed by atoms with Crippen LogP contribution in [0.5, 0.6) is 0 Å². The van der Waals surface area contributed by atoms with Crippen molar-refractivity contribution in [3.63, 3.8) is 0 Å². The van der Waals surface area contributed by atoms with Crippen LogP contribution < -0.4 is 5.32 Å². The number of hydrogen-bond acceptors (Lipinski definition) is 5. The highest BCUT2D eigenvalue weighted by Crippen LogP contribution is 2.13. The second-order valence-electron chi connectivity index (χ2n) is 6.49. The van der Waals surface area contributed by atoms with Gasteiger partial charge in [-0.1, -0.05) is 22.9 Å². The molecule has 3 rings (SSSR count). The third-order valence-corrected chi connectivity index (χ3v) is 4.58. The Bertz CT molecular complexity index is 726. The van der Waals surface area contributed by atoms with E-state index < -0.39 is 0 Å². The topological polar surface area (TPSA) is 72.3 Å². The third-order valence-electron chi connectivity index (χ3n) is 4.58. The Labute approximate surface area is 148 Å². The van der Waals surface area contributed by atoms with Crippen LogP contribution in [0.3, 0.4) is 0 Å². The molecule has 1 aliphatic heterocycles. The lowest BCUT2D eigenvalue weighted by molar-refractivity contribution is 0.000534. The van der Waals surface area contributed by atoms with Gasteiger partial charge in [0.2, 0.25) is 0 Å². The van der Waals surface area contributed by atoms with Crippen LogP contribution in [0, 0.1) is 13.8 Å². The SMILES string of the molecule is Cc1ccc(-n2nnc(C(=O)NCCN3CCOCC3C)c2C)cc1. The molecule has 2 heterocycles. The molecule has 1 aliphatic rings. The number of aryl methyl sites for hydroxylation is 1. The number of benzene rings is 1. The number of amides is 1. The first-order valence-electron chi connectivity index (χ1n) is 8.65. The molecule has 0 bridgehead atoms. The van der Waals surface area contributed by atoms with Gasteiger partial charge in [0.1, 0.15) is 0 Å². The van der Waals surface area contributed by atoms with Gasteiger partial charge in [-0.2, -0.15) is 0 Å². The molecule has 1 saturated heterocycles. The van der Waals surface area contributed by atoms with Crippen molar-refractivity contribution in [3.05, 3.63) is 41.2 Å². The summed E-state index contributed by atoms with van der Waals surface area (Å²) < 4.78 is 7.12. The molecule has 1 unspecified atom stereocenters. The van der Waals surface area contributed by atoms with E-state index >= 15 is 0 Å². The molecule has 7 nitrogen and oxygen atoms in total. The van der Waals surface area contributed by atoms with Gasteiger partial charge in [-0.3, -0.25) is 9.69 Å². The molecule has 1 fully saturated rings. The van der Waals surface area contributed by atoms with E-state index in [1.807, 2.05) is 38.1 Å². The van der Waals surface area contributed by atoms with Crippen LogP contribution in [0.25, 0.3) is 5.69 Å². The molecule has 1 aromatic carbocycles. The van der Waals surface area contributed by atoms with Crippen LogP contribution in [-0.2, 0) is 4.74 Å². The molecule has 0 aliphatic carbocycles. The molecule has 1 atom stereocenters. The maximum Gasteiger partial charge on any atom is 0.273 e. The van der Waals surface area contributed by atoms with Crippen LogP contribution in [0.4, 0.5) is 0 Å². The number of nitrogens with one attached hydrogen (secondary N) is 1. The van der Waals surface area contributed by atoms with Crippen LogP contribution in [0.2, 0.25) is 0 Å². The zero-order valence-electron chi connectivity index (χ0n) is 15.0. The van der Waals surface area contributed by atoms with Crippen molar-refractivity contribution < 1.29 is 9.53 Å². The largest absolute Gasteiger partial charge is 0.379 e. The van der Waals surface area contributed by atoms with Gasteiger partial charge in [-0.05, 0) is 32.9 Å². The summed E-state index contributed by atoms with van der Waals surface area (Å²) in [4.78, 5) is 14.7. The van der Waals surface area contributed by atoms with Crippen molar-refractivity contribution in [1.82, 2.24) is 25.2 Å². The van der Waals surface area contributed by atoms with Crippen molar-refractivity contribution in [1.29, 1.82) is 0 Å². The van der Waals surface area contributed by atoms with E-state index in [4.69, 9.17) is 4.74 Å². The zero-order chi connectivity index (χ0) is 17.8. The highest BCUT2D eigenvalue weighted by Gasteiger charge is 2.20. The summed E-state index contributed by atoms with van der Waals surface area (Å²) in [6, 6.07) is 8.35. The average Bonchev–Trinajstić information content (AvgIpc) is 2.99. The molecule has 0 radical (unpaired) electrons. The molecule has 1 aromatic heterocycles. The van der Waals surface area contributed by atoms with Crippen molar-refractivity contribution in [2.75, 3.05) is 32.8 Å². The van der Waals surface area contributed by atoms with Crippen LogP contribution in [0.15, 0.2) is 24.3 Å². The first-order chi connectivity index (χ1) is 12.1. The normalized spacial score (nSPS) is 18.3. The Morgan fingerprint density at radius 1 is 1.32 bits per heavy atom. The van der Waals surface area contributed by atoms with Crippen molar-refractivity contribution in [2.45, 2.75) is 26.8 Å².